The number of ether oxygens (including phenoxy) is 1. The Morgan fingerprint density at radius 2 is 2.25 bits per heavy atom. The molecule has 3 heteroatoms. The average molecular weight is 221 g/mol. The number of benzene rings is 1. The van der Waals surface area contributed by atoms with Crippen molar-refractivity contribution in [1.29, 1.82) is 0 Å². The van der Waals surface area contributed by atoms with Crippen LogP contribution in [-0.4, -0.2) is 41.8 Å². The monoisotopic (exact) mass is 221 g/mol. The molecule has 3 nitrogen and oxygen atoms in total. The Labute approximate surface area is 96.6 Å². The quantitative estimate of drug-likeness (QED) is 0.838. The van der Waals surface area contributed by atoms with E-state index in [9.17, 15) is 5.11 Å². The highest BCUT2D eigenvalue weighted by Gasteiger charge is 2.31. The molecule has 1 aliphatic heterocycles. The Hall–Kier alpha value is -1.06. The van der Waals surface area contributed by atoms with E-state index in [1.165, 1.54) is 5.56 Å². The van der Waals surface area contributed by atoms with Crippen LogP contribution in [-0.2, 0) is 0 Å². The van der Waals surface area contributed by atoms with Gasteiger partial charge in [-0.05, 0) is 31.2 Å². The van der Waals surface area contributed by atoms with Crippen molar-refractivity contribution in [2.45, 2.75) is 26.1 Å². The predicted octanol–water partition coefficient (Wildman–Crippen LogP) is 1.44. The molecule has 0 radical (unpaired) electrons. The van der Waals surface area contributed by atoms with Crippen LogP contribution in [0.5, 0.6) is 5.75 Å². The zero-order valence-corrected chi connectivity index (χ0v) is 9.89. The third-order valence-corrected chi connectivity index (χ3v) is 3.04. The Morgan fingerprint density at radius 3 is 2.88 bits per heavy atom. The van der Waals surface area contributed by atoms with E-state index in [-0.39, 0.29) is 12.2 Å². The van der Waals surface area contributed by atoms with Gasteiger partial charge in [0.1, 0.15) is 18.0 Å². The maximum Gasteiger partial charge on any atom is 0.138 e. The number of rotatable bonds is 3. The Kier molecular flexibility index (Phi) is 3.46. The number of aryl methyl sites for hydroxylation is 1. The van der Waals surface area contributed by atoms with Gasteiger partial charge in [0.2, 0.25) is 0 Å². The summed E-state index contributed by atoms with van der Waals surface area (Å²) < 4.78 is 5.81. The normalized spacial score (nSPS) is 25.9. The molecule has 0 bridgehead atoms. The second-order valence-electron chi connectivity index (χ2n) is 4.39. The van der Waals surface area contributed by atoms with Gasteiger partial charge in [-0.15, -0.1) is 0 Å². The highest BCUT2D eigenvalue weighted by Crippen LogP contribution is 2.19. The molecule has 1 aromatic rings. The van der Waals surface area contributed by atoms with Gasteiger partial charge in [-0.2, -0.15) is 0 Å². The summed E-state index contributed by atoms with van der Waals surface area (Å²) >= 11 is 0. The fourth-order valence-electron chi connectivity index (χ4n) is 2.07. The summed E-state index contributed by atoms with van der Waals surface area (Å²) in [4.78, 5) is 2.20. The highest BCUT2D eigenvalue weighted by molar-refractivity contribution is 5.27. The number of aliphatic hydroxyl groups excluding tert-OH is 1. The van der Waals surface area contributed by atoms with Crippen LogP contribution in [0.25, 0.3) is 0 Å². The molecule has 0 aromatic heterocycles. The summed E-state index contributed by atoms with van der Waals surface area (Å²) in [6, 6.07) is 7.95. The molecule has 2 atom stereocenters. The van der Waals surface area contributed by atoms with Gasteiger partial charge in [0.05, 0.1) is 0 Å². The van der Waals surface area contributed by atoms with Crippen molar-refractivity contribution in [1.82, 2.24) is 4.90 Å². The topological polar surface area (TPSA) is 32.7 Å². The van der Waals surface area contributed by atoms with Gasteiger partial charge in [-0.1, -0.05) is 19.1 Å². The molecule has 16 heavy (non-hydrogen) atoms. The number of likely N-dealkylation sites (N-methyl/N-ethyl adjacent to an activating group) is 1. The molecule has 2 rings (SSSR count). The molecule has 1 saturated heterocycles. The zero-order chi connectivity index (χ0) is 11.5. The lowest BCUT2D eigenvalue weighted by Crippen LogP contribution is -2.29. The SMILES string of the molecule is CCN1CC(O)C(Oc2cccc(C)c2)C1. The smallest absolute Gasteiger partial charge is 0.138 e. The van der Waals surface area contributed by atoms with Crippen molar-refractivity contribution in [3.63, 3.8) is 0 Å². The number of hydrogen-bond donors (Lipinski definition) is 1. The lowest BCUT2D eigenvalue weighted by molar-refractivity contribution is 0.0736. The second-order valence-corrected chi connectivity index (χ2v) is 4.39. The predicted molar refractivity (Wildman–Crippen MR) is 63.7 cm³/mol. The molecule has 1 heterocycles. The molecular formula is C13H19NO2. The fraction of sp³-hybridized carbons (Fsp3) is 0.538. The summed E-state index contributed by atoms with van der Waals surface area (Å²) in [6.07, 6.45) is -0.470. The van der Waals surface area contributed by atoms with Crippen molar-refractivity contribution in [2.24, 2.45) is 0 Å². The number of β-amino-alcohol motifs (C(OH)–C–C–N with tert-alkyl or cyclic N) is 1. The Balaban J connectivity index is 2.00. The van der Waals surface area contributed by atoms with E-state index in [4.69, 9.17) is 4.74 Å². The minimum Gasteiger partial charge on any atom is -0.486 e. The van der Waals surface area contributed by atoms with Crippen molar-refractivity contribution < 1.29 is 9.84 Å². The first-order chi connectivity index (χ1) is 7.69. The van der Waals surface area contributed by atoms with E-state index in [0.29, 0.717) is 6.54 Å². The van der Waals surface area contributed by atoms with Crippen LogP contribution in [0.4, 0.5) is 0 Å². The lowest BCUT2D eigenvalue weighted by atomic mass is 10.2. The first-order valence-electron chi connectivity index (χ1n) is 5.83. The molecule has 1 N–H and O–H groups in total. The van der Waals surface area contributed by atoms with Crippen LogP contribution in [0.1, 0.15) is 12.5 Å². The van der Waals surface area contributed by atoms with Crippen LogP contribution < -0.4 is 4.74 Å². The lowest BCUT2D eigenvalue weighted by Gasteiger charge is -2.16. The van der Waals surface area contributed by atoms with Crippen molar-refractivity contribution in [2.75, 3.05) is 19.6 Å². The molecule has 2 unspecified atom stereocenters. The number of likely N-dealkylation sites (tertiary alicyclic amines) is 1. The van der Waals surface area contributed by atoms with Crippen LogP contribution in [0.3, 0.4) is 0 Å². The van der Waals surface area contributed by atoms with Crippen LogP contribution >= 0.6 is 0 Å². The summed E-state index contributed by atoms with van der Waals surface area (Å²) in [5, 5.41) is 9.85. The first kappa shape index (κ1) is 11.4. The Morgan fingerprint density at radius 1 is 1.44 bits per heavy atom. The maximum atomic E-state index is 9.85. The van der Waals surface area contributed by atoms with Crippen LogP contribution in [0.2, 0.25) is 0 Å². The average Bonchev–Trinajstić information content (AvgIpc) is 2.60. The second kappa shape index (κ2) is 4.85. The van der Waals surface area contributed by atoms with Gasteiger partial charge >= 0.3 is 0 Å². The molecule has 0 aliphatic carbocycles. The summed E-state index contributed by atoms with van der Waals surface area (Å²) in [7, 11) is 0. The summed E-state index contributed by atoms with van der Waals surface area (Å²) in [5.41, 5.74) is 1.18. The molecule has 0 spiro atoms. The fourth-order valence-corrected chi connectivity index (χ4v) is 2.07. The molecule has 1 aromatic carbocycles. The summed E-state index contributed by atoms with van der Waals surface area (Å²) in [6.45, 7) is 6.63. The van der Waals surface area contributed by atoms with Gasteiger partial charge in [-0.3, -0.25) is 4.90 Å². The largest absolute Gasteiger partial charge is 0.486 e. The van der Waals surface area contributed by atoms with Gasteiger partial charge in [0.15, 0.2) is 0 Å². The number of nitrogens with zero attached hydrogens (tertiary/aromatic N) is 1. The minimum absolute atomic E-state index is 0.0956. The standard InChI is InChI=1S/C13H19NO2/c1-3-14-8-12(15)13(9-14)16-11-6-4-5-10(2)7-11/h4-7,12-13,15H,3,8-9H2,1-2H3. The van der Waals surface area contributed by atoms with E-state index >= 15 is 0 Å². The summed E-state index contributed by atoms with van der Waals surface area (Å²) in [5.74, 6) is 0.849. The van der Waals surface area contributed by atoms with E-state index in [0.717, 1.165) is 18.8 Å². The third kappa shape index (κ3) is 2.54. The zero-order valence-electron chi connectivity index (χ0n) is 9.89. The maximum absolute atomic E-state index is 9.85. The minimum atomic E-state index is -0.375. The highest BCUT2D eigenvalue weighted by atomic mass is 16.5. The van der Waals surface area contributed by atoms with Crippen molar-refractivity contribution in [3.05, 3.63) is 29.8 Å². The van der Waals surface area contributed by atoms with Gasteiger partial charge in [0, 0.05) is 13.1 Å². The van der Waals surface area contributed by atoms with Gasteiger partial charge in [0.25, 0.3) is 0 Å². The van der Waals surface area contributed by atoms with E-state index < -0.39 is 0 Å². The molecule has 0 saturated carbocycles. The molecular weight excluding hydrogens is 202 g/mol. The van der Waals surface area contributed by atoms with Gasteiger partial charge < -0.3 is 9.84 Å². The van der Waals surface area contributed by atoms with Crippen LogP contribution in [0.15, 0.2) is 24.3 Å². The Bertz CT molecular complexity index is 354. The van der Waals surface area contributed by atoms with E-state index in [1.807, 2.05) is 31.2 Å². The molecule has 1 fully saturated rings. The van der Waals surface area contributed by atoms with E-state index in [1.54, 1.807) is 0 Å². The van der Waals surface area contributed by atoms with Crippen molar-refractivity contribution in [3.8, 4) is 5.75 Å². The number of aliphatic hydroxyl groups is 1. The molecule has 1 aliphatic rings. The third-order valence-electron chi connectivity index (χ3n) is 3.04. The molecule has 88 valence electrons. The first-order valence-corrected chi connectivity index (χ1v) is 5.83. The number of hydrogen-bond acceptors (Lipinski definition) is 3. The van der Waals surface area contributed by atoms with E-state index in [2.05, 4.69) is 11.8 Å². The van der Waals surface area contributed by atoms with Crippen LogP contribution in [0, 0.1) is 6.92 Å². The van der Waals surface area contributed by atoms with Crippen molar-refractivity contribution >= 4 is 0 Å². The van der Waals surface area contributed by atoms with Gasteiger partial charge in [-0.25, -0.2) is 0 Å². The molecule has 0 amide bonds.